The third-order valence-corrected chi connectivity index (χ3v) is 3.77. The summed E-state index contributed by atoms with van der Waals surface area (Å²) in [6.45, 7) is 7.63. The second kappa shape index (κ2) is 7.87. The Labute approximate surface area is 146 Å². The van der Waals surface area contributed by atoms with Crippen molar-refractivity contribution in [3.05, 3.63) is 29.8 Å². The molecule has 0 saturated carbocycles. The lowest BCUT2D eigenvalue weighted by Crippen LogP contribution is -2.45. The molecule has 0 saturated heterocycles. The summed E-state index contributed by atoms with van der Waals surface area (Å²) in [6, 6.07) is 6.36. The topological polar surface area (TPSA) is 99.0 Å². The van der Waals surface area contributed by atoms with Crippen LogP contribution in [0, 0.1) is 5.92 Å². The SMILES string of the molecule is COC(=O)C(NC(=O)c1cccc(-c2nnnn2C(C)C)c1)C(C)C. The Morgan fingerprint density at radius 1 is 1.20 bits per heavy atom. The van der Waals surface area contributed by atoms with E-state index in [0.717, 1.165) is 5.56 Å². The third kappa shape index (κ3) is 4.20. The van der Waals surface area contributed by atoms with E-state index in [1.807, 2.05) is 33.8 Å². The molecule has 8 nitrogen and oxygen atoms in total. The molecule has 0 aliphatic rings. The first-order valence-electron chi connectivity index (χ1n) is 8.12. The summed E-state index contributed by atoms with van der Waals surface area (Å²) in [4.78, 5) is 24.4. The molecule has 134 valence electrons. The number of nitrogens with zero attached hydrogens (tertiary/aromatic N) is 4. The van der Waals surface area contributed by atoms with E-state index in [4.69, 9.17) is 4.74 Å². The monoisotopic (exact) mass is 345 g/mol. The molecule has 1 aromatic carbocycles. The number of hydrogen-bond acceptors (Lipinski definition) is 6. The van der Waals surface area contributed by atoms with E-state index >= 15 is 0 Å². The van der Waals surface area contributed by atoms with Gasteiger partial charge in [0.1, 0.15) is 6.04 Å². The van der Waals surface area contributed by atoms with Crippen molar-refractivity contribution < 1.29 is 14.3 Å². The largest absolute Gasteiger partial charge is 0.467 e. The number of tetrazole rings is 1. The summed E-state index contributed by atoms with van der Waals surface area (Å²) in [5.41, 5.74) is 1.15. The van der Waals surface area contributed by atoms with Gasteiger partial charge in [-0.05, 0) is 42.3 Å². The quantitative estimate of drug-likeness (QED) is 0.802. The first-order chi connectivity index (χ1) is 11.8. The van der Waals surface area contributed by atoms with E-state index in [0.29, 0.717) is 11.4 Å². The van der Waals surface area contributed by atoms with E-state index in [-0.39, 0.29) is 17.9 Å². The first-order valence-corrected chi connectivity index (χ1v) is 8.12. The maximum atomic E-state index is 12.5. The molecule has 1 unspecified atom stereocenters. The molecule has 0 aliphatic heterocycles. The van der Waals surface area contributed by atoms with Crippen LogP contribution in [0.4, 0.5) is 0 Å². The van der Waals surface area contributed by atoms with E-state index in [2.05, 4.69) is 20.8 Å². The van der Waals surface area contributed by atoms with Crippen LogP contribution in [0.3, 0.4) is 0 Å². The molecule has 0 radical (unpaired) electrons. The van der Waals surface area contributed by atoms with Gasteiger partial charge in [-0.15, -0.1) is 5.10 Å². The van der Waals surface area contributed by atoms with E-state index in [1.54, 1.807) is 22.9 Å². The molecule has 0 spiro atoms. The maximum Gasteiger partial charge on any atom is 0.328 e. The van der Waals surface area contributed by atoms with Gasteiger partial charge in [-0.1, -0.05) is 26.0 Å². The van der Waals surface area contributed by atoms with Crippen LogP contribution in [0.5, 0.6) is 0 Å². The summed E-state index contributed by atoms with van der Waals surface area (Å²) in [7, 11) is 1.30. The molecule has 0 fully saturated rings. The zero-order valence-electron chi connectivity index (χ0n) is 15.1. The van der Waals surface area contributed by atoms with Gasteiger partial charge in [0.15, 0.2) is 5.82 Å². The molecule has 0 bridgehead atoms. The van der Waals surface area contributed by atoms with Crippen molar-refractivity contribution in [3.8, 4) is 11.4 Å². The molecule has 1 aromatic heterocycles. The Morgan fingerprint density at radius 2 is 1.92 bits per heavy atom. The van der Waals surface area contributed by atoms with Crippen molar-refractivity contribution in [3.63, 3.8) is 0 Å². The van der Waals surface area contributed by atoms with Crippen LogP contribution in [-0.2, 0) is 9.53 Å². The predicted molar refractivity (Wildman–Crippen MR) is 91.7 cm³/mol. The molecule has 2 aromatic rings. The van der Waals surface area contributed by atoms with Crippen molar-refractivity contribution in [2.24, 2.45) is 5.92 Å². The second-order valence-electron chi connectivity index (χ2n) is 6.34. The number of benzene rings is 1. The molecule has 2 rings (SSSR count). The molecule has 8 heteroatoms. The number of amides is 1. The normalized spacial score (nSPS) is 12.3. The van der Waals surface area contributed by atoms with Gasteiger partial charge in [-0.25, -0.2) is 9.48 Å². The Bertz CT molecular complexity index is 754. The molecular formula is C17H23N5O3. The highest BCUT2D eigenvalue weighted by molar-refractivity contribution is 5.97. The fourth-order valence-electron chi connectivity index (χ4n) is 2.38. The lowest BCUT2D eigenvalue weighted by Gasteiger charge is -2.20. The highest BCUT2D eigenvalue weighted by atomic mass is 16.5. The number of hydrogen-bond donors (Lipinski definition) is 1. The van der Waals surface area contributed by atoms with Crippen molar-refractivity contribution in [2.75, 3.05) is 7.11 Å². The third-order valence-electron chi connectivity index (χ3n) is 3.77. The number of methoxy groups -OCH3 is 1. The maximum absolute atomic E-state index is 12.5. The van der Waals surface area contributed by atoms with Crippen LogP contribution >= 0.6 is 0 Å². The van der Waals surface area contributed by atoms with Crippen LogP contribution < -0.4 is 5.32 Å². The van der Waals surface area contributed by atoms with E-state index in [1.165, 1.54) is 7.11 Å². The van der Waals surface area contributed by atoms with Gasteiger partial charge in [0.05, 0.1) is 13.2 Å². The Balaban J connectivity index is 2.27. The van der Waals surface area contributed by atoms with Gasteiger partial charge in [-0.2, -0.15) is 0 Å². The van der Waals surface area contributed by atoms with E-state index < -0.39 is 12.0 Å². The molecule has 1 N–H and O–H groups in total. The number of nitrogens with one attached hydrogen (secondary N) is 1. The van der Waals surface area contributed by atoms with Gasteiger partial charge < -0.3 is 10.1 Å². The Hall–Kier alpha value is -2.77. The average molecular weight is 345 g/mol. The highest BCUT2D eigenvalue weighted by Crippen LogP contribution is 2.20. The van der Waals surface area contributed by atoms with Crippen molar-refractivity contribution in [1.29, 1.82) is 0 Å². The molecule has 1 amide bonds. The van der Waals surface area contributed by atoms with Gasteiger partial charge in [0.25, 0.3) is 5.91 Å². The van der Waals surface area contributed by atoms with Crippen LogP contribution in [0.15, 0.2) is 24.3 Å². The summed E-state index contributed by atoms with van der Waals surface area (Å²) in [5, 5.41) is 14.4. The molecular weight excluding hydrogens is 322 g/mol. The number of carbonyl (C=O) groups is 2. The number of aromatic nitrogens is 4. The summed E-state index contributed by atoms with van der Waals surface area (Å²) < 4.78 is 6.43. The van der Waals surface area contributed by atoms with Gasteiger partial charge in [0.2, 0.25) is 0 Å². The first kappa shape index (κ1) is 18.6. The smallest absolute Gasteiger partial charge is 0.328 e. The van der Waals surface area contributed by atoms with Crippen molar-refractivity contribution in [1.82, 2.24) is 25.5 Å². The average Bonchev–Trinajstić information content (AvgIpc) is 3.08. The van der Waals surface area contributed by atoms with Gasteiger partial charge in [0, 0.05) is 11.1 Å². The number of ether oxygens (including phenoxy) is 1. The van der Waals surface area contributed by atoms with E-state index in [9.17, 15) is 9.59 Å². The lowest BCUT2D eigenvalue weighted by atomic mass is 10.0. The van der Waals surface area contributed by atoms with Crippen molar-refractivity contribution in [2.45, 2.75) is 39.8 Å². The number of rotatable bonds is 6. The fourth-order valence-corrected chi connectivity index (χ4v) is 2.38. The lowest BCUT2D eigenvalue weighted by molar-refractivity contribution is -0.144. The zero-order valence-corrected chi connectivity index (χ0v) is 15.1. The van der Waals surface area contributed by atoms with Crippen LogP contribution in [0.25, 0.3) is 11.4 Å². The standard InChI is InChI=1S/C17H23N5O3/c1-10(2)14(17(24)25-5)18-16(23)13-8-6-7-12(9-13)15-19-20-21-22(15)11(3)4/h6-11,14H,1-5H3,(H,18,23). The highest BCUT2D eigenvalue weighted by Gasteiger charge is 2.25. The molecule has 1 heterocycles. The van der Waals surface area contributed by atoms with Crippen LogP contribution in [-0.4, -0.2) is 45.2 Å². The Kier molecular flexibility index (Phi) is 5.84. The zero-order chi connectivity index (χ0) is 18.6. The number of carbonyl (C=O) groups excluding carboxylic acids is 2. The molecule has 25 heavy (non-hydrogen) atoms. The van der Waals surface area contributed by atoms with Crippen LogP contribution in [0.1, 0.15) is 44.1 Å². The number of esters is 1. The summed E-state index contributed by atoms with van der Waals surface area (Å²) >= 11 is 0. The van der Waals surface area contributed by atoms with Gasteiger partial charge in [-0.3, -0.25) is 4.79 Å². The summed E-state index contributed by atoms with van der Waals surface area (Å²) in [5.74, 6) is -0.330. The second-order valence-corrected chi connectivity index (χ2v) is 6.34. The summed E-state index contributed by atoms with van der Waals surface area (Å²) in [6.07, 6.45) is 0. The van der Waals surface area contributed by atoms with Gasteiger partial charge >= 0.3 is 5.97 Å². The van der Waals surface area contributed by atoms with Crippen LogP contribution in [0.2, 0.25) is 0 Å². The molecule has 1 atom stereocenters. The minimum Gasteiger partial charge on any atom is -0.467 e. The fraction of sp³-hybridized carbons (Fsp3) is 0.471. The minimum atomic E-state index is -0.706. The predicted octanol–water partition coefficient (Wildman–Crippen LogP) is 1.85. The van der Waals surface area contributed by atoms with Crippen molar-refractivity contribution >= 4 is 11.9 Å². The Morgan fingerprint density at radius 3 is 2.52 bits per heavy atom. The molecule has 0 aliphatic carbocycles. The minimum absolute atomic E-state index is 0.0899.